The summed E-state index contributed by atoms with van der Waals surface area (Å²) in [4.78, 5) is 6.22. The fourth-order valence-corrected chi connectivity index (χ4v) is 6.00. The average Bonchev–Trinajstić information content (AvgIpc) is 3.44. The Kier molecular flexibility index (Phi) is 5.85. The van der Waals surface area contributed by atoms with Crippen molar-refractivity contribution in [2.45, 2.75) is 43.1 Å². The molecule has 1 saturated heterocycles. The molecule has 1 aromatic carbocycles. The van der Waals surface area contributed by atoms with E-state index in [9.17, 15) is 5.11 Å². The van der Waals surface area contributed by atoms with Crippen molar-refractivity contribution in [3.8, 4) is 5.75 Å². The normalized spacial score (nSPS) is 24.4. The van der Waals surface area contributed by atoms with Crippen LogP contribution in [0.15, 0.2) is 47.1 Å². The van der Waals surface area contributed by atoms with Crippen molar-refractivity contribution in [3.63, 3.8) is 0 Å². The summed E-state index contributed by atoms with van der Waals surface area (Å²) >= 11 is 3.18. The Morgan fingerprint density at radius 3 is 2.61 bits per heavy atom. The number of nitrogens with one attached hydrogen (secondary N) is 1. The van der Waals surface area contributed by atoms with Gasteiger partial charge in [0.2, 0.25) is 0 Å². The molecule has 7 heteroatoms. The van der Waals surface area contributed by atoms with Crippen molar-refractivity contribution in [1.29, 1.82) is 0 Å². The zero-order chi connectivity index (χ0) is 19.6. The maximum absolute atomic E-state index is 11.4. The molecule has 3 atom stereocenters. The van der Waals surface area contributed by atoms with Gasteiger partial charge in [-0.15, -0.1) is 11.3 Å². The van der Waals surface area contributed by atoms with Crippen LogP contribution in [-0.2, 0) is 0 Å². The van der Waals surface area contributed by atoms with Crippen molar-refractivity contribution in [1.82, 2.24) is 15.2 Å². The number of piperidine rings is 1. The van der Waals surface area contributed by atoms with Gasteiger partial charge in [-0.25, -0.2) is 4.98 Å². The number of methoxy groups -OCH3 is 1. The van der Waals surface area contributed by atoms with Crippen LogP contribution in [-0.4, -0.2) is 40.1 Å². The van der Waals surface area contributed by atoms with Crippen LogP contribution in [0.4, 0.5) is 0 Å². The van der Waals surface area contributed by atoms with E-state index in [0.717, 1.165) is 35.2 Å². The number of aliphatic hydroxyl groups excluding tert-OH is 1. The highest BCUT2D eigenvalue weighted by molar-refractivity contribution is 8.03. The standard InChI is InChI=1S/C21H27N3O2S2/c1-15(16-6-8-17(26-2)9-7-16)21(19(25)20-22-10-13-27-20)23-18(14-28-21)24-11-4-3-5-12-24/h6-10,13-15,19,23,25H,3-5,11-12H2,1-2H3. The quantitative estimate of drug-likeness (QED) is 0.731. The maximum Gasteiger partial charge on any atom is 0.139 e. The summed E-state index contributed by atoms with van der Waals surface area (Å²) in [6.45, 7) is 4.31. The van der Waals surface area contributed by atoms with Crippen LogP contribution in [0.3, 0.4) is 0 Å². The van der Waals surface area contributed by atoms with Gasteiger partial charge < -0.3 is 20.1 Å². The second-order valence-electron chi connectivity index (χ2n) is 7.35. The molecule has 3 heterocycles. The molecule has 0 saturated carbocycles. The molecule has 2 N–H and O–H groups in total. The lowest BCUT2D eigenvalue weighted by Gasteiger charge is -2.41. The number of thioether (sulfide) groups is 1. The van der Waals surface area contributed by atoms with Crippen molar-refractivity contribution in [2.75, 3.05) is 20.2 Å². The molecule has 3 unspecified atom stereocenters. The number of benzene rings is 1. The molecule has 150 valence electrons. The molecule has 1 fully saturated rings. The highest BCUT2D eigenvalue weighted by atomic mass is 32.2. The minimum Gasteiger partial charge on any atom is -0.497 e. The maximum atomic E-state index is 11.4. The first-order valence-corrected chi connectivity index (χ1v) is 11.5. The van der Waals surface area contributed by atoms with E-state index in [2.05, 4.69) is 39.7 Å². The Balaban J connectivity index is 1.64. The van der Waals surface area contributed by atoms with E-state index in [1.807, 2.05) is 17.5 Å². The van der Waals surface area contributed by atoms with Gasteiger partial charge in [0.1, 0.15) is 27.6 Å². The van der Waals surface area contributed by atoms with Crippen molar-refractivity contribution < 1.29 is 9.84 Å². The van der Waals surface area contributed by atoms with E-state index < -0.39 is 11.0 Å². The monoisotopic (exact) mass is 417 g/mol. The molecule has 2 aromatic rings. The second-order valence-corrected chi connectivity index (χ2v) is 9.43. The molecule has 0 aliphatic carbocycles. The summed E-state index contributed by atoms with van der Waals surface area (Å²) in [5.74, 6) is 2.02. The van der Waals surface area contributed by atoms with E-state index in [1.165, 1.54) is 30.6 Å². The zero-order valence-corrected chi connectivity index (χ0v) is 17.9. The van der Waals surface area contributed by atoms with E-state index in [0.29, 0.717) is 0 Å². The highest BCUT2D eigenvalue weighted by Crippen LogP contribution is 2.51. The van der Waals surface area contributed by atoms with E-state index in [4.69, 9.17) is 4.74 Å². The van der Waals surface area contributed by atoms with Gasteiger partial charge in [0.25, 0.3) is 0 Å². The Bertz CT molecular complexity index is 804. The third-order valence-electron chi connectivity index (χ3n) is 5.74. The Labute approximate surface area is 174 Å². The first kappa shape index (κ1) is 19.6. The van der Waals surface area contributed by atoms with Gasteiger partial charge in [-0.3, -0.25) is 0 Å². The van der Waals surface area contributed by atoms with Gasteiger partial charge >= 0.3 is 0 Å². The van der Waals surface area contributed by atoms with Gasteiger partial charge in [0.15, 0.2) is 0 Å². The molecule has 5 nitrogen and oxygen atoms in total. The van der Waals surface area contributed by atoms with Crippen molar-refractivity contribution >= 4 is 23.1 Å². The number of aromatic nitrogens is 1. The Hall–Kier alpha value is -1.70. The molecule has 0 radical (unpaired) electrons. The summed E-state index contributed by atoms with van der Waals surface area (Å²) < 4.78 is 5.31. The van der Waals surface area contributed by atoms with Gasteiger partial charge in [-0.05, 0) is 37.0 Å². The fourth-order valence-electron chi connectivity index (χ4n) is 3.97. The van der Waals surface area contributed by atoms with Gasteiger partial charge in [-0.1, -0.05) is 30.8 Å². The number of rotatable bonds is 6. The summed E-state index contributed by atoms with van der Waals surface area (Å²) in [6, 6.07) is 8.13. The second kappa shape index (κ2) is 8.35. The van der Waals surface area contributed by atoms with Crippen LogP contribution in [0.25, 0.3) is 0 Å². The lowest BCUT2D eigenvalue weighted by molar-refractivity contribution is 0.0977. The van der Waals surface area contributed by atoms with Gasteiger partial charge in [0.05, 0.1) is 7.11 Å². The molecule has 2 aliphatic rings. The predicted octanol–water partition coefficient (Wildman–Crippen LogP) is 4.31. The lowest BCUT2D eigenvalue weighted by Crippen LogP contribution is -2.50. The van der Waals surface area contributed by atoms with Crippen LogP contribution in [0.1, 0.15) is 48.8 Å². The van der Waals surface area contributed by atoms with Gasteiger partial charge in [-0.2, -0.15) is 0 Å². The number of hydrogen-bond acceptors (Lipinski definition) is 7. The zero-order valence-electron chi connectivity index (χ0n) is 16.3. The summed E-state index contributed by atoms with van der Waals surface area (Å²) in [6.07, 6.45) is 4.78. The minimum atomic E-state index is -0.715. The number of hydrogen-bond donors (Lipinski definition) is 2. The third-order valence-corrected chi connectivity index (χ3v) is 7.97. The van der Waals surface area contributed by atoms with Crippen LogP contribution in [0, 0.1) is 0 Å². The number of thiazole rings is 1. The third kappa shape index (κ3) is 3.63. The van der Waals surface area contributed by atoms with Crippen LogP contribution in [0.2, 0.25) is 0 Å². The molecule has 4 rings (SSSR count). The topological polar surface area (TPSA) is 57.6 Å². The molecule has 2 aliphatic heterocycles. The van der Waals surface area contributed by atoms with Crippen LogP contribution >= 0.6 is 23.1 Å². The number of likely N-dealkylation sites (tertiary alicyclic amines) is 1. The van der Waals surface area contributed by atoms with Crippen molar-refractivity contribution in [2.24, 2.45) is 0 Å². The summed E-state index contributed by atoms with van der Waals surface area (Å²) in [5.41, 5.74) is 1.16. The smallest absolute Gasteiger partial charge is 0.139 e. The number of nitrogens with zero attached hydrogens (tertiary/aromatic N) is 2. The largest absolute Gasteiger partial charge is 0.497 e. The van der Waals surface area contributed by atoms with E-state index in [1.54, 1.807) is 25.1 Å². The minimum absolute atomic E-state index is 0.0563. The van der Waals surface area contributed by atoms with E-state index in [-0.39, 0.29) is 5.92 Å². The van der Waals surface area contributed by atoms with Crippen molar-refractivity contribution in [3.05, 3.63) is 57.6 Å². The van der Waals surface area contributed by atoms with E-state index >= 15 is 0 Å². The highest BCUT2D eigenvalue weighted by Gasteiger charge is 2.49. The fraction of sp³-hybridized carbons (Fsp3) is 0.476. The molecule has 0 amide bonds. The molecule has 0 spiro atoms. The molecule has 0 bridgehead atoms. The number of ether oxygens (including phenoxy) is 1. The van der Waals surface area contributed by atoms with Crippen LogP contribution in [0.5, 0.6) is 5.75 Å². The first-order valence-electron chi connectivity index (χ1n) is 9.76. The SMILES string of the molecule is COc1ccc(C(C)C2(C(O)c3nccs3)NC(N3CCCCC3)=CS2)cc1. The predicted molar refractivity (Wildman–Crippen MR) is 115 cm³/mol. The summed E-state index contributed by atoms with van der Waals surface area (Å²) in [7, 11) is 1.68. The molecular weight excluding hydrogens is 390 g/mol. The molecule has 28 heavy (non-hydrogen) atoms. The Morgan fingerprint density at radius 1 is 1.21 bits per heavy atom. The molecule has 1 aromatic heterocycles. The lowest BCUT2D eigenvalue weighted by atomic mass is 9.88. The first-order chi connectivity index (χ1) is 13.6. The number of aliphatic hydroxyl groups is 1. The molecular formula is C21H27N3O2S2. The van der Waals surface area contributed by atoms with Gasteiger partial charge in [0, 0.05) is 36.0 Å². The summed E-state index contributed by atoms with van der Waals surface area (Å²) in [5, 5.41) is 20.0. The Morgan fingerprint density at radius 2 is 1.96 bits per heavy atom. The van der Waals surface area contributed by atoms with Crippen LogP contribution < -0.4 is 10.1 Å². The average molecular weight is 418 g/mol.